The van der Waals surface area contributed by atoms with Crippen molar-refractivity contribution in [2.45, 2.75) is 23.8 Å². The lowest BCUT2D eigenvalue weighted by atomic mass is 10.1. The van der Waals surface area contributed by atoms with Crippen molar-refractivity contribution in [2.24, 2.45) is 0 Å². The Kier molecular flexibility index (Phi) is 7.78. The SMILES string of the molecule is COC(=O)C[C@@H](NC(=O)CCNS(=O)(=O)c1ccc(Cl)cc1)c1cccs1. The molecule has 0 unspecified atom stereocenters. The van der Waals surface area contributed by atoms with Crippen molar-refractivity contribution in [3.8, 4) is 0 Å². The Hall–Kier alpha value is -1.94. The van der Waals surface area contributed by atoms with E-state index < -0.39 is 22.0 Å². The summed E-state index contributed by atoms with van der Waals surface area (Å²) < 4.78 is 31.4. The van der Waals surface area contributed by atoms with E-state index in [1.165, 1.54) is 42.7 Å². The monoisotopic (exact) mass is 430 g/mol. The van der Waals surface area contributed by atoms with Gasteiger partial charge in [-0.05, 0) is 35.7 Å². The molecule has 2 N–H and O–H groups in total. The van der Waals surface area contributed by atoms with Gasteiger partial charge in [-0.2, -0.15) is 0 Å². The Bertz CT molecular complexity index is 867. The van der Waals surface area contributed by atoms with E-state index in [0.717, 1.165) is 4.88 Å². The smallest absolute Gasteiger partial charge is 0.307 e. The molecular formula is C17H19ClN2O5S2. The molecule has 27 heavy (non-hydrogen) atoms. The minimum Gasteiger partial charge on any atom is -0.469 e. The number of amides is 1. The van der Waals surface area contributed by atoms with E-state index in [-0.39, 0.29) is 30.2 Å². The Morgan fingerprint density at radius 3 is 2.52 bits per heavy atom. The molecule has 7 nitrogen and oxygen atoms in total. The first-order valence-electron chi connectivity index (χ1n) is 7.96. The molecule has 0 radical (unpaired) electrons. The van der Waals surface area contributed by atoms with E-state index >= 15 is 0 Å². The van der Waals surface area contributed by atoms with E-state index in [0.29, 0.717) is 5.02 Å². The molecule has 146 valence electrons. The van der Waals surface area contributed by atoms with Gasteiger partial charge in [-0.1, -0.05) is 17.7 Å². The Morgan fingerprint density at radius 2 is 1.93 bits per heavy atom. The average Bonchev–Trinajstić information content (AvgIpc) is 3.16. The fourth-order valence-electron chi connectivity index (χ4n) is 2.22. The molecule has 2 rings (SSSR count). The number of thiophene rings is 1. The zero-order valence-electron chi connectivity index (χ0n) is 14.5. The first-order valence-corrected chi connectivity index (χ1v) is 10.7. The molecule has 0 spiro atoms. The molecule has 10 heteroatoms. The summed E-state index contributed by atoms with van der Waals surface area (Å²) in [5.74, 6) is -0.826. The molecule has 0 aliphatic carbocycles. The van der Waals surface area contributed by atoms with Gasteiger partial charge < -0.3 is 10.1 Å². The quantitative estimate of drug-likeness (QED) is 0.595. The van der Waals surface area contributed by atoms with Crippen LogP contribution in [0.4, 0.5) is 0 Å². The summed E-state index contributed by atoms with van der Waals surface area (Å²) in [5.41, 5.74) is 0. The molecule has 1 amide bonds. The second-order valence-electron chi connectivity index (χ2n) is 5.52. The van der Waals surface area contributed by atoms with Gasteiger partial charge in [0.15, 0.2) is 0 Å². The van der Waals surface area contributed by atoms with Crippen molar-refractivity contribution < 1.29 is 22.7 Å². The number of rotatable bonds is 9. The fraction of sp³-hybridized carbons (Fsp3) is 0.294. The van der Waals surface area contributed by atoms with Crippen LogP contribution < -0.4 is 10.0 Å². The number of carbonyl (C=O) groups is 2. The number of nitrogens with one attached hydrogen (secondary N) is 2. The number of sulfonamides is 1. The Labute approximate surface area is 166 Å². The zero-order valence-corrected chi connectivity index (χ0v) is 16.9. The summed E-state index contributed by atoms with van der Waals surface area (Å²) in [6.07, 6.45) is -0.0743. The molecule has 0 saturated heterocycles. The van der Waals surface area contributed by atoms with Gasteiger partial charge in [-0.25, -0.2) is 13.1 Å². The normalized spacial score (nSPS) is 12.4. The number of carbonyl (C=O) groups excluding carboxylic acids is 2. The van der Waals surface area contributed by atoms with Crippen LogP contribution >= 0.6 is 22.9 Å². The molecule has 1 atom stereocenters. The van der Waals surface area contributed by atoms with Crippen molar-refractivity contribution in [1.82, 2.24) is 10.0 Å². The lowest BCUT2D eigenvalue weighted by Crippen LogP contribution is -2.33. The van der Waals surface area contributed by atoms with Crippen LogP contribution in [0, 0.1) is 0 Å². The summed E-state index contributed by atoms with van der Waals surface area (Å²) in [4.78, 5) is 24.6. The van der Waals surface area contributed by atoms with Crippen LogP contribution in [-0.2, 0) is 24.3 Å². The van der Waals surface area contributed by atoms with Crippen LogP contribution in [0.2, 0.25) is 5.02 Å². The minimum atomic E-state index is -3.73. The number of hydrogen-bond donors (Lipinski definition) is 2. The molecule has 0 bridgehead atoms. The van der Waals surface area contributed by atoms with E-state index in [1.807, 2.05) is 17.5 Å². The summed E-state index contributed by atoms with van der Waals surface area (Å²) in [5, 5.41) is 5.01. The predicted molar refractivity (Wildman–Crippen MR) is 103 cm³/mol. The van der Waals surface area contributed by atoms with Crippen LogP contribution in [0.3, 0.4) is 0 Å². The maximum absolute atomic E-state index is 12.2. The van der Waals surface area contributed by atoms with Crippen LogP contribution in [0.25, 0.3) is 0 Å². The van der Waals surface area contributed by atoms with Gasteiger partial charge in [-0.15, -0.1) is 11.3 Å². The molecule has 0 saturated carbocycles. The lowest BCUT2D eigenvalue weighted by molar-refractivity contribution is -0.141. The highest BCUT2D eigenvalue weighted by Gasteiger charge is 2.20. The highest BCUT2D eigenvalue weighted by molar-refractivity contribution is 7.89. The second-order valence-corrected chi connectivity index (χ2v) is 8.70. The van der Waals surface area contributed by atoms with E-state index in [1.54, 1.807) is 0 Å². The standard InChI is InChI=1S/C17H19ClN2O5S2/c1-25-17(22)11-14(15-3-2-10-26-15)20-16(21)8-9-19-27(23,24)13-6-4-12(18)5-7-13/h2-7,10,14,19H,8-9,11H2,1H3,(H,20,21)/t14-/m1/s1. The third-order valence-corrected chi connectivity index (χ3v) is 6.30. The Balaban J connectivity index is 1.90. The van der Waals surface area contributed by atoms with Crippen LogP contribution in [-0.4, -0.2) is 33.9 Å². The molecule has 2 aromatic rings. The fourth-order valence-corrected chi connectivity index (χ4v) is 4.16. The van der Waals surface area contributed by atoms with Gasteiger partial charge in [0.25, 0.3) is 0 Å². The summed E-state index contributed by atoms with van der Waals surface area (Å²) in [7, 11) is -2.45. The number of ether oxygens (including phenoxy) is 1. The number of esters is 1. The van der Waals surface area contributed by atoms with Crippen molar-refractivity contribution in [3.63, 3.8) is 0 Å². The number of methoxy groups -OCH3 is 1. The summed E-state index contributed by atoms with van der Waals surface area (Å²) >= 11 is 7.15. The van der Waals surface area contributed by atoms with Crippen molar-refractivity contribution in [1.29, 1.82) is 0 Å². The van der Waals surface area contributed by atoms with E-state index in [4.69, 9.17) is 11.6 Å². The second kappa shape index (κ2) is 9.84. The number of halogens is 1. The van der Waals surface area contributed by atoms with E-state index in [2.05, 4.69) is 14.8 Å². The van der Waals surface area contributed by atoms with Gasteiger partial charge in [0, 0.05) is 22.9 Å². The first-order chi connectivity index (χ1) is 12.8. The average molecular weight is 431 g/mol. The van der Waals surface area contributed by atoms with Gasteiger partial charge in [0.1, 0.15) is 0 Å². The molecule has 1 aromatic heterocycles. The molecule has 0 aliphatic rings. The van der Waals surface area contributed by atoms with Crippen LogP contribution in [0.5, 0.6) is 0 Å². The largest absolute Gasteiger partial charge is 0.469 e. The van der Waals surface area contributed by atoms with Gasteiger partial charge in [-0.3, -0.25) is 9.59 Å². The molecule has 0 aliphatic heterocycles. The lowest BCUT2D eigenvalue weighted by Gasteiger charge is -2.16. The molecular weight excluding hydrogens is 412 g/mol. The maximum Gasteiger partial charge on any atom is 0.307 e. The maximum atomic E-state index is 12.2. The number of benzene rings is 1. The van der Waals surface area contributed by atoms with Crippen LogP contribution in [0.15, 0.2) is 46.7 Å². The van der Waals surface area contributed by atoms with Gasteiger partial charge in [0.05, 0.1) is 24.5 Å². The molecule has 0 fully saturated rings. The van der Waals surface area contributed by atoms with Crippen molar-refractivity contribution >= 4 is 44.8 Å². The van der Waals surface area contributed by atoms with Crippen LogP contribution in [0.1, 0.15) is 23.8 Å². The summed E-state index contributed by atoms with van der Waals surface area (Å²) in [6, 6.07) is 8.82. The highest BCUT2D eigenvalue weighted by atomic mass is 35.5. The highest BCUT2D eigenvalue weighted by Crippen LogP contribution is 2.22. The van der Waals surface area contributed by atoms with Gasteiger partial charge in [0.2, 0.25) is 15.9 Å². The third kappa shape index (κ3) is 6.62. The zero-order chi connectivity index (χ0) is 19.9. The molecule has 1 aromatic carbocycles. The molecule has 1 heterocycles. The minimum absolute atomic E-state index is 0.000739. The Morgan fingerprint density at radius 1 is 1.22 bits per heavy atom. The van der Waals surface area contributed by atoms with Crippen molar-refractivity contribution in [3.05, 3.63) is 51.7 Å². The van der Waals surface area contributed by atoms with Gasteiger partial charge >= 0.3 is 5.97 Å². The first kappa shape index (κ1) is 21.4. The third-order valence-electron chi connectivity index (χ3n) is 3.59. The number of hydrogen-bond acceptors (Lipinski definition) is 6. The topological polar surface area (TPSA) is 102 Å². The van der Waals surface area contributed by atoms with Crippen molar-refractivity contribution in [2.75, 3.05) is 13.7 Å². The summed E-state index contributed by atoms with van der Waals surface area (Å²) in [6.45, 7) is -0.0772. The predicted octanol–water partition coefficient (Wildman–Crippen LogP) is 2.49. The van der Waals surface area contributed by atoms with E-state index in [9.17, 15) is 18.0 Å².